The van der Waals surface area contributed by atoms with E-state index in [4.69, 9.17) is 11.6 Å². The maximum absolute atomic E-state index is 14.4. The number of benzene rings is 1. The van der Waals surface area contributed by atoms with Gasteiger partial charge in [0.25, 0.3) is 15.9 Å². The number of carbonyl (C=O) groups is 1. The minimum Gasteiger partial charge on any atom is -0.347 e. The van der Waals surface area contributed by atoms with Gasteiger partial charge in [0.05, 0.1) is 6.20 Å². The van der Waals surface area contributed by atoms with Crippen LogP contribution in [0.1, 0.15) is 21.6 Å². The van der Waals surface area contributed by atoms with Gasteiger partial charge in [-0.1, -0.05) is 29.0 Å². The van der Waals surface area contributed by atoms with Crippen molar-refractivity contribution in [2.75, 3.05) is 4.72 Å². The van der Waals surface area contributed by atoms with Crippen LogP contribution < -0.4 is 10.0 Å². The second kappa shape index (κ2) is 8.77. The predicted octanol–water partition coefficient (Wildman–Crippen LogP) is 4.08. The van der Waals surface area contributed by atoms with Gasteiger partial charge in [0.2, 0.25) is 0 Å². The number of sulfonamides is 1. The van der Waals surface area contributed by atoms with Gasteiger partial charge in [-0.3, -0.25) is 14.5 Å². The van der Waals surface area contributed by atoms with Crippen LogP contribution >= 0.6 is 22.9 Å². The summed E-state index contributed by atoms with van der Waals surface area (Å²) in [4.78, 5) is 18.1. The Balaban J connectivity index is 1.96. The van der Waals surface area contributed by atoms with E-state index in [0.29, 0.717) is 23.5 Å². The van der Waals surface area contributed by atoms with E-state index < -0.39 is 44.9 Å². The normalized spacial score (nSPS) is 11.9. The molecule has 0 aliphatic carbocycles. The number of halogens is 5. The van der Waals surface area contributed by atoms with Crippen molar-refractivity contribution in [3.8, 4) is 0 Å². The molecule has 0 unspecified atom stereocenters. The van der Waals surface area contributed by atoms with Crippen molar-refractivity contribution in [2.24, 2.45) is 0 Å². The third-order valence-corrected chi connectivity index (χ3v) is 6.26. The van der Waals surface area contributed by atoms with Gasteiger partial charge in [-0.05, 0) is 29.8 Å². The molecule has 0 atom stereocenters. The van der Waals surface area contributed by atoms with Crippen molar-refractivity contribution >= 4 is 44.0 Å². The Morgan fingerprint density at radius 2 is 1.94 bits per heavy atom. The van der Waals surface area contributed by atoms with Crippen LogP contribution in [0.2, 0.25) is 4.34 Å². The Hall–Kier alpha value is -2.77. The van der Waals surface area contributed by atoms with Crippen LogP contribution in [0.25, 0.3) is 0 Å². The van der Waals surface area contributed by atoms with E-state index in [9.17, 15) is 30.8 Å². The summed E-state index contributed by atoms with van der Waals surface area (Å²) in [5.41, 5.74) is -2.17. The number of alkyl halides is 3. The minimum atomic E-state index is -5.30. The Kier molecular flexibility index (Phi) is 6.48. The third-order valence-electron chi connectivity index (χ3n) is 3.74. The fraction of sp³-hybridized carbons (Fsp3) is 0.118. The second-order valence-electron chi connectivity index (χ2n) is 5.92. The molecule has 0 fully saturated rings. The first-order valence-electron chi connectivity index (χ1n) is 8.20. The van der Waals surface area contributed by atoms with E-state index in [1.165, 1.54) is 12.3 Å². The number of pyridine rings is 1. The summed E-state index contributed by atoms with van der Waals surface area (Å²) < 4.78 is 81.7. The van der Waals surface area contributed by atoms with E-state index in [1.54, 1.807) is 12.1 Å². The van der Waals surface area contributed by atoms with Crippen LogP contribution in [0.4, 0.5) is 22.7 Å². The van der Waals surface area contributed by atoms with Crippen LogP contribution in [-0.4, -0.2) is 24.3 Å². The molecule has 2 N–H and O–H groups in total. The van der Waals surface area contributed by atoms with E-state index in [1.807, 2.05) is 4.72 Å². The molecule has 0 radical (unpaired) electrons. The minimum absolute atomic E-state index is 0.0186. The monoisotopic (exact) mass is 494 g/mol. The van der Waals surface area contributed by atoms with Gasteiger partial charge in [-0.15, -0.1) is 0 Å². The van der Waals surface area contributed by atoms with Crippen LogP contribution in [0.15, 0.2) is 47.6 Å². The van der Waals surface area contributed by atoms with Gasteiger partial charge in [-0.2, -0.15) is 13.2 Å². The van der Waals surface area contributed by atoms with Crippen molar-refractivity contribution in [3.63, 3.8) is 0 Å². The third kappa shape index (κ3) is 5.48. The highest BCUT2D eigenvalue weighted by Gasteiger charge is 2.41. The smallest absolute Gasteiger partial charge is 0.347 e. The Labute approximate surface area is 182 Å². The van der Waals surface area contributed by atoms with Crippen LogP contribution in [0.5, 0.6) is 0 Å². The van der Waals surface area contributed by atoms with E-state index in [0.717, 1.165) is 6.20 Å². The Morgan fingerprint density at radius 1 is 1.19 bits per heavy atom. The van der Waals surface area contributed by atoms with Crippen molar-refractivity contribution < 1.29 is 30.8 Å². The van der Waals surface area contributed by atoms with Crippen molar-refractivity contribution in [2.45, 2.75) is 17.6 Å². The van der Waals surface area contributed by atoms with Gasteiger partial charge in [-0.25, -0.2) is 17.8 Å². The highest BCUT2D eigenvalue weighted by molar-refractivity contribution is 7.93. The lowest BCUT2D eigenvalue weighted by molar-refractivity contribution is -0.142. The molecule has 2 heterocycles. The molecule has 0 aliphatic heterocycles. The number of hydrogen-bond donors (Lipinski definition) is 2. The van der Waals surface area contributed by atoms with Gasteiger partial charge in [0.1, 0.15) is 26.3 Å². The lowest BCUT2D eigenvalue weighted by Crippen LogP contribution is -2.25. The molecule has 2 aromatic heterocycles. The average molecular weight is 495 g/mol. The van der Waals surface area contributed by atoms with Crippen molar-refractivity contribution in [3.05, 3.63) is 69.7 Å². The molecular weight excluding hydrogens is 484 g/mol. The fourth-order valence-corrected chi connectivity index (χ4v) is 4.81. The summed E-state index contributed by atoms with van der Waals surface area (Å²) in [5, 5.41) is 2.04. The van der Waals surface area contributed by atoms with Crippen molar-refractivity contribution in [1.29, 1.82) is 0 Å². The zero-order valence-corrected chi connectivity index (χ0v) is 17.5. The molecule has 31 heavy (non-hydrogen) atoms. The standard InChI is InChI=1S/C17H11ClF4N4O3S2/c18-13-8-25-16(30-13)26-31(28,29)12-6-9(5-10(19)14(12)17(20,21)22)7-24-15(27)11-3-1-2-4-23-11/h1-6,8H,7H2,(H,24,27)(H,25,26). The molecule has 1 aromatic carbocycles. The molecule has 14 heteroatoms. The largest absolute Gasteiger partial charge is 0.420 e. The Morgan fingerprint density at radius 3 is 2.52 bits per heavy atom. The van der Waals surface area contributed by atoms with E-state index in [-0.39, 0.29) is 20.7 Å². The zero-order valence-electron chi connectivity index (χ0n) is 15.1. The first-order chi connectivity index (χ1) is 14.5. The Bertz CT molecular complexity index is 1220. The number of rotatable bonds is 6. The van der Waals surface area contributed by atoms with Gasteiger partial charge >= 0.3 is 6.18 Å². The molecule has 1 amide bonds. The first kappa shape index (κ1) is 22.9. The van der Waals surface area contributed by atoms with Gasteiger partial charge < -0.3 is 5.32 Å². The summed E-state index contributed by atoms with van der Waals surface area (Å²) >= 11 is 6.31. The SMILES string of the molecule is O=C(NCc1cc(F)c(C(F)(F)F)c(S(=O)(=O)Nc2ncc(Cl)s2)c1)c1ccccn1. The van der Waals surface area contributed by atoms with Crippen molar-refractivity contribution in [1.82, 2.24) is 15.3 Å². The first-order valence-corrected chi connectivity index (χ1v) is 10.9. The number of amides is 1. The van der Waals surface area contributed by atoms with Gasteiger partial charge in [0.15, 0.2) is 5.13 Å². The lowest BCUT2D eigenvalue weighted by Gasteiger charge is -2.16. The molecule has 0 saturated heterocycles. The molecular formula is C17H11ClF4N4O3S2. The quantitative estimate of drug-likeness (QED) is 0.503. The molecule has 3 rings (SSSR count). The number of carbonyl (C=O) groups excluding carboxylic acids is 1. The molecule has 0 spiro atoms. The maximum Gasteiger partial charge on any atom is 0.420 e. The number of anilines is 1. The second-order valence-corrected chi connectivity index (χ2v) is 9.23. The van der Waals surface area contributed by atoms with E-state index in [2.05, 4.69) is 15.3 Å². The number of nitrogens with one attached hydrogen (secondary N) is 2. The van der Waals surface area contributed by atoms with Gasteiger partial charge in [0, 0.05) is 12.7 Å². The molecule has 0 bridgehead atoms. The number of aromatic nitrogens is 2. The highest BCUT2D eigenvalue weighted by atomic mass is 35.5. The maximum atomic E-state index is 14.4. The topological polar surface area (TPSA) is 101 Å². The summed E-state index contributed by atoms with van der Waals surface area (Å²) in [7, 11) is -4.90. The van der Waals surface area contributed by atoms with Crippen LogP contribution in [0.3, 0.4) is 0 Å². The fourth-order valence-electron chi connectivity index (χ4n) is 2.47. The number of nitrogens with zero attached hydrogens (tertiary/aromatic N) is 2. The lowest BCUT2D eigenvalue weighted by atomic mass is 10.1. The van der Waals surface area contributed by atoms with E-state index >= 15 is 0 Å². The molecule has 0 saturated carbocycles. The summed E-state index contributed by atoms with van der Waals surface area (Å²) in [6.45, 7) is -0.448. The van der Waals surface area contributed by atoms with Crippen LogP contribution in [-0.2, 0) is 22.7 Å². The summed E-state index contributed by atoms with van der Waals surface area (Å²) in [6.07, 6.45) is -2.85. The molecule has 3 aromatic rings. The number of thiazole rings is 1. The highest BCUT2D eigenvalue weighted by Crippen LogP contribution is 2.38. The predicted molar refractivity (Wildman–Crippen MR) is 105 cm³/mol. The summed E-state index contributed by atoms with van der Waals surface area (Å²) in [6, 6.07) is 5.63. The molecule has 7 nitrogen and oxygen atoms in total. The average Bonchev–Trinajstić information content (AvgIpc) is 3.09. The summed E-state index contributed by atoms with van der Waals surface area (Å²) in [5.74, 6) is -2.49. The zero-order chi connectivity index (χ0) is 22.8. The molecule has 164 valence electrons. The number of hydrogen-bond acceptors (Lipinski definition) is 6. The molecule has 0 aliphatic rings. The van der Waals surface area contributed by atoms with Crippen LogP contribution in [0, 0.1) is 5.82 Å².